The first-order valence-electron chi connectivity index (χ1n) is 8.33. The lowest BCUT2D eigenvalue weighted by atomic mass is 9.92. The largest absolute Gasteiger partial charge is 0.494 e. The number of carbonyl (C=O) groups excluding carboxylic acids is 1. The summed E-state index contributed by atoms with van der Waals surface area (Å²) < 4.78 is 5.58. The molecule has 1 aromatic carbocycles. The van der Waals surface area contributed by atoms with E-state index >= 15 is 0 Å². The zero-order chi connectivity index (χ0) is 16.2. The molecule has 0 aromatic heterocycles. The van der Waals surface area contributed by atoms with Crippen molar-refractivity contribution in [2.24, 2.45) is 17.8 Å². The average Bonchev–Trinajstić information content (AvgIpc) is 3.30. The number of carboxylic acid groups (broad SMARTS) is 1. The first-order valence-corrected chi connectivity index (χ1v) is 8.33. The normalized spacial score (nSPS) is 23.7. The van der Waals surface area contributed by atoms with E-state index in [9.17, 15) is 14.7 Å². The van der Waals surface area contributed by atoms with Crippen LogP contribution in [-0.2, 0) is 9.59 Å². The van der Waals surface area contributed by atoms with E-state index in [0.29, 0.717) is 38.5 Å². The van der Waals surface area contributed by atoms with Crippen LogP contribution < -0.4 is 4.74 Å². The molecule has 1 aliphatic carbocycles. The Bertz CT molecular complexity index is 555. The second kappa shape index (κ2) is 7.02. The number of likely N-dealkylation sites (tertiary alicyclic amines) is 1. The highest BCUT2D eigenvalue weighted by Gasteiger charge is 2.46. The second-order valence-corrected chi connectivity index (χ2v) is 6.51. The van der Waals surface area contributed by atoms with Crippen LogP contribution in [0.2, 0.25) is 0 Å². The summed E-state index contributed by atoms with van der Waals surface area (Å²) in [5.74, 6) is 0.376. The number of amides is 1. The molecule has 0 spiro atoms. The van der Waals surface area contributed by atoms with Gasteiger partial charge in [-0.15, -0.1) is 0 Å². The molecule has 23 heavy (non-hydrogen) atoms. The lowest BCUT2D eigenvalue weighted by Gasteiger charge is -2.16. The monoisotopic (exact) mass is 317 g/mol. The number of aliphatic carboxylic acids is 1. The Labute approximate surface area is 136 Å². The Hall–Kier alpha value is -2.04. The van der Waals surface area contributed by atoms with Gasteiger partial charge in [-0.3, -0.25) is 9.59 Å². The molecule has 1 saturated carbocycles. The Balaban J connectivity index is 1.42. The van der Waals surface area contributed by atoms with Crippen molar-refractivity contribution in [3.63, 3.8) is 0 Å². The number of hydrogen-bond donors (Lipinski definition) is 1. The summed E-state index contributed by atoms with van der Waals surface area (Å²) in [6.45, 7) is 1.48. The number of para-hydroxylation sites is 1. The third-order valence-corrected chi connectivity index (χ3v) is 4.81. The smallest absolute Gasteiger partial charge is 0.308 e. The molecule has 1 amide bonds. The lowest BCUT2D eigenvalue weighted by Crippen LogP contribution is -2.30. The summed E-state index contributed by atoms with van der Waals surface area (Å²) in [6.07, 6.45) is 3.29. The summed E-state index contributed by atoms with van der Waals surface area (Å²) in [5.41, 5.74) is 0. The van der Waals surface area contributed by atoms with Crippen molar-refractivity contribution in [2.75, 3.05) is 19.7 Å². The number of carboxylic acids is 1. The minimum absolute atomic E-state index is 0.0519. The third-order valence-electron chi connectivity index (χ3n) is 4.81. The number of carbonyl (C=O) groups is 2. The standard InChI is InChI=1S/C18H23NO4/c20-17(7-4-10-23-14-5-2-1-3-6-14)19-11-15(13-8-9-13)16(12-19)18(21)22/h1-3,5-6,13,15-16H,4,7-12H2,(H,21,22)/t15-,16+/m1/s1. The Morgan fingerprint density at radius 3 is 2.57 bits per heavy atom. The fraction of sp³-hybridized carbons (Fsp3) is 0.556. The molecule has 0 unspecified atom stereocenters. The first kappa shape index (κ1) is 15.8. The molecule has 2 atom stereocenters. The highest BCUT2D eigenvalue weighted by Crippen LogP contribution is 2.44. The van der Waals surface area contributed by atoms with Crippen LogP contribution in [0.4, 0.5) is 0 Å². The zero-order valence-corrected chi connectivity index (χ0v) is 13.2. The van der Waals surface area contributed by atoms with Crippen LogP contribution in [0, 0.1) is 17.8 Å². The van der Waals surface area contributed by atoms with Gasteiger partial charge < -0.3 is 14.7 Å². The maximum Gasteiger partial charge on any atom is 0.308 e. The molecule has 1 aromatic rings. The van der Waals surface area contributed by atoms with Crippen molar-refractivity contribution in [2.45, 2.75) is 25.7 Å². The van der Waals surface area contributed by atoms with E-state index in [-0.39, 0.29) is 17.7 Å². The van der Waals surface area contributed by atoms with E-state index in [1.807, 2.05) is 30.3 Å². The Morgan fingerprint density at radius 1 is 1.17 bits per heavy atom. The van der Waals surface area contributed by atoms with Crippen molar-refractivity contribution < 1.29 is 19.4 Å². The van der Waals surface area contributed by atoms with E-state index in [0.717, 1.165) is 18.6 Å². The van der Waals surface area contributed by atoms with Gasteiger partial charge in [0.05, 0.1) is 12.5 Å². The molecule has 5 heteroatoms. The Morgan fingerprint density at radius 2 is 1.91 bits per heavy atom. The summed E-state index contributed by atoms with van der Waals surface area (Å²) >= 11 is 0. The molecule has 1 aliphatic heterocycles. The van der Waals surface area contributed by atoms with Gasteiger partial charge in [0.25, 0.3) is 0 Å². The van der Waals surface area contributed by atoms with Gasteiger partial charge in [0.15, 0.2) is 0 Å². The molecule has 124 valence electrons. The van der Waals surface area contributed by atoms with Crippen LogP contribution in [0.25, 0.3) is 0 Å². The van der Waals surface area contributed by atoms with Crippen molar-refractivity contribution in [3.8, 4) is 5.75 Å². The van der Waals surface area contributed by atoms with Gasteiger partial charge in [0, 0.05) is 19.5 Å². The van der Waals surface area contributed by atoms with E-state index in [2.05, 4.69) is 0 Å². The van der Waals surface area contributed by atoms with Crippen molar-refractivity contribution >= 4 is 11.9 Å². The Kier molecular flexibility index (Phi) is 4.84. The van der Waals surface area contributed by atoms with Crippen molar-refractivity contribution in [1.29, 1.82) is 0 Å². The molecule has 2 fully saturated rings. The maximum absolute atomic E-state index is 12.3. The van der Waals surface area contributed by atoms with Crippen molar-refractivity contribution in [1.82, 2.24) is 4.90 Å². The van der Waals surface area contributed by atoms with Crippen LogP contribution >= 0.6 is 0 Å². The molecule has 5 nitrogen and oxygen atoms in total. The van der Waals surface area contributed by atoms with E-state index in [4.69, 9.17) is 4.74 Å². The number of benzene rings is 1. The van der Waals surface area contributed by atoms with Crippen LogP contribution in [0.15, 0.2) is 30.3 Å². The highest BCUT2D eigenvalue weighted by atomic mass is 16.5. The molecular weight excluding hydrogens is 294 g/mol. The van der Waals surface area contributed by atoms with Crippen LogP contribution in [-0.4, -0.2) is 41.6 Å². The number of ether oxygens (including phenoxy) is 1. The summed E-state index contributed by atoms with van der Waals surface area (Å²) in [7, 11) is 0. The van der Waals surface area contributed by atoms with Crippen LogP contribution in [0.3, 0.4) is 0 Å². The fourth-order valence-electron chi connectivity index (χ4n) is 3.38. The average molecular weight is 317 g/mol. The van der Waals surface area contributed by atoms with E-state index < -0.39 is 5.97 Å². The predicted octanol–water partition coefficient (Wildman–Crippen LogP) is 2.41. The lowest BCUT2D eigenvalue weighted by molar-refractivity contribution is -0.142. The van der Waals surface area contributed by atoms with Gasteiger partial charge in [0.1, 0.15) is 5.75 Å². The molecule has 1 saturated heterocycles. The minimum Gasteiger partial charge on any atom is -0.494 e. The molecule has 0 radical (unpaired) electrons. The van der Waals surface area contributed by atoms with Gasteiger partial charge in [0.2, 0.25) is 5.91 Å². The molecular formula is C18H23NO4. The zero-order valence-electron chi connectivity index (χ0n) is 13.2. The topological polar surface area (TPSA) is 66.8 Å². The number of nitrogens with zero attached hydrogens (tertiary/aromatic N) is 1. The van der Waals surface area contributed by atoms with Gasteiger partial charge >= 0.3 is 5.97 Å². The van der Waals surface area contributed by atoms with Crippen LogP contribution in [0.1, 0.15) is 25.7 Å². The van der Waals surface area contributed by atoms with Gasteiger partial charge in [-0.05, 0) is 43.2 Å². The molecule has 1 heterocycles. The summed E-state index contributed by atoms with van der Waals surface area (Å²) in [4.78, 5) is 25.4. The highest BCUT2D eigenvalue weighted by molar-refractivity contribution is 5.79. The third kappa shape index (κ3) is 4.03. The van der Waals surface area contributed by atoms with E-state index in [1.165, 1.54) is 0 Å². The molecule has 3 rings (SSSR count). The molecule has 2 aliphatic rings. The molecule has 0 bridgehead atoms. The summed E-state index contributed by atoms with van der Waals surface area (Å²) in [5, 5.41) is 9.34. The second-order valence-electron chi connectivity index (χ2n) is 6.51. The van der Waals surface area contributed by atoms with E-state index in [1.54, 1.807) is 4.90 Å². The number of hydrogen-bond acceptors (Lipinski definition) is 3. The quantitative estimate of drug-likeness (QED) is 0.784. The first-order chi connectivity index (χ1) is 11.1. The van der Waals surface area contributed by atoms with Crippen LogP contribution in [0.5, 0.6) is 5.75 Å². The van der Waals surface area contributed by atoms with Gasteiger partial charge in [-0.25, -0.2) is 0 Å². The SMILES string of the molecule is O=C(O)[C@H]1CN(C(=O)CCCOc2ccccc2)C[C@@H]1C1CC1. The number of rotatable bonds is 7. The van der Waals surface area contributed by atoms with Gasteiger partial charge in [-0.1, -0.05) is 18.2 Å². The summed E-state index contributed by atoms with van der Waals surface area (Å²) in [6, 6.07) is 9.53. The van der Waals surface area contributed by atoms with Crippen molar-refractivity contribution in [3.05, 3.63) is 30.3 Å². The van der Waals surface area contributed by atoms with Gasteiger partial charge in [-0.2, -0.15) is 0 Å². The maximum atomic E-state index is 12.3. The molecule has 1 N–H and O–H groups in total. The fourth-order valence-corrected chi connectivity index (χ4v) is 3.38. The minimum atomic E-state index is -0.760. The predicted molar refractivity (Wildman–Crippen MR) is 85.1 cm³/mol.